The number of carbonyl (C=O) groups is 1. The number of ether oxygens (including phenoxy) is 1. The second kappa shape index (κ2) is 10.8. The van der Waals surface area contributed by atoms with Gasteiger partial charge in [-0.1, -0.05) is 48.5 Å². The minimum atomic E-state index is -0.0766. The minimum absolute atomic E-state index is 0.0369. The van der Waals surface area contributed by atoms with Crippen LogP contribution in [0.2, 0.25) is 0 Å². The summed E-state index contributed by atoms with van der Waals surface area (Å²) in [6.45, 7) is 3.67. The third kappa shape index (κ3) is 6.36. The summed E-state index contributed by atoms with van der Waals surface area (Å²) in [6.07, 6.45) is 2.90. The van der Waals surface area contributed by atoms with E-state index in [0.717, 1.165) is 50.2 Å². The van der Waals surface area contributed by atoms with E-state index < -0.39 is 0 Å². The number of nitrogens with zero attached hydrogens (tertiary/aromatic N) is 1. The quantitative estimate of drug-likeness (QED) is 0.699. The Balaban J connectivity index is 1.42. The number of aliphatic hydroxyl groups is 1. The lowest BCUT2D eigenvalue weighted by Crippen LogP contribution is -2.40. The summed E-state index contributed by atoms with van der Waals surface area (Å²) in [5.41, 5.74) is 2.30. The van der Waals surface area contributed by atoms with Gasteiger partial charge in [-0.3, -0.25) is 4.79 Å². The van der Waals surface area contributed by atoms with E-state index in [1.807, 2.05) is 42.5 Å². The van der Waals surface area contributed by atoms with Crippen molar-refractivity contribution in [2.24, 2.45) is 5.92 Å². The molecule has 1 heterocycles. The lowest BCUT2D eigenvalue weighted by molar-refractivity contribution is -0.123. The molecule has 0 saturated carbocycles. The molecule has 150 valence electrons. The molecule has 0 radical (unpaired) electrons. The molecule has 0 aromatic heterocycles. The Morgan fingerprint density at radius 3 is 2.54 bits per heavy atom. The molecular formula is C23H30N2O3. The first-order valence-electron chi connectivity index (χ1n) is 10.1. The summed E-state index contributed by atoms with van der Waals surface area (Å²) >= 11 is 0. The molecule has 0 atom stereocenters. The second-order valence-corrected chi connectivity index (χ2v) is 7.37. The largest absolute Gasteiger partial charge is 0.483 e. The van der Waals surface area contributed by atoms with E-state index in [4.69, 9.17) is 9.84 Å². The van der Waals surface area contributed by atoms with Gasteiger partial charge in [0.25, 0.3) is 5.91 Å². The Bertz CT molecular complexity index is 728. The van der Waals surface area contributed by atoms with E-state index in [1.54, 1.807) is 0 Å². The highest BCUT2D eigenvalue weighted by atomic mass is 16.5. The number of hydrogen-bond acceptors (Lipinski definition) is 4. The number of benzene rings is 2. The average molecular weight is 383 g/mol. The Kier molecular flexibility index (Phi) is 7.88. The number of para-hydroxylation sites is 1. The van der Waals surface area contributed by atoms with Crippen LogP contribution in [-0.4, -0.2) is 55.3 Å². The van der Waals surface area contributed by atoms with Crippen LogP contribution >= 0.6 is 0 Å². The van der Waals surface area contributed by atoms with Crippen LogP contribution in [0.3, 0.4) is 0 Å². The van der Waals surface area contributed by atoms with Crippen LogP contribution in [0, 0.1) is 5.92 Å². The van der Waals surface area contributed by atoms with Gasteiger partial charge in [0.1, 0.15) is 5.75 Å². The molecular weight excluding hydrogens is 352 g/mol. The highest BCUT2D eigenvalue weighted by Crippen LogP contribution is 2.21. The maximum atomic E-state index is 12.2. The molecule has 0 spiro atoms. The van der Waals surface area contributed by atoms with E-state index in [2.05, 4.69) is 22.3 Å². The Labute approximate surface area is 167 Å². The van der Waals surface area contributed by atoms with Gasteiger partial charge in [-0.25, -0.2) is 0 Å². The van der Waals surface area contributed by atoms with Crippen molar-refractivity contribution in [1.82, 2.24) is 10.2 Å². The highest BCUT2D eigenvalue weighted by molar-refractivity contribution is 5.77. The standard InChI is InChI=1S/C23H30N2O3/c26-15-14-25-12-10-20(11-13-25)17-24-23(27)18-28-22-9-5-4-8-21(22)16-19-6-2-1-3-7-19/h1-9,20,26H,10-18H2,(H,24,27). The van der Waals surface area contributed by atoms with Crippen molar-refractivity contribution in [2.45, 2.75) is 19.3 Å². The maximum Gasteiger partial charge on any atom is 0.257 e. The van der Waals surface area contributed by atoms with Crippen molar-refractivity contribution in [3.8, 4) is 5.75 Å². The van der Waals surface area contributed by atoms with Gasteiger partial charge in [-0.2, -0.15) is 0 Å². The van der Waals surface area contributed by atoms with Gasteiger partial charge in [0.2, 0.25) is 0 Å². The van der Waals surface area contributed by atoms with Gasteiger partial charge in [-0.05, 0) is 49.0 Å². The number of piperidine rings is 1. The molecule has 1 amide bonds. The van der Waals surface area contributed by atoms with Gasteiger partial charge in [0.05, 0.1) is 6.61 Å². The first-order chi connectivity index (χ1) is 13.7. The van der Waals surface area contributed by atoms with Gasteiger partial charge < -0.3 is 20.1 Å². The molecule has 5 heteroatoms. The normalized spacial score (nSPS) is 15.3. The van der Waals surface area contributed by atoms with Crippen LogP contribution < -0.4 is 10.1 Å². The van der Waals surface area contributed by atoms with E-state index in [9.17, 15) is 4.79 Å². The number of amides is 1. The predicted molar refractivity (Wildman–Crippen MR) is 110 cm³/mol. The Morgan fingerprint density at radius 2 is 1.79 bits per heavy atom. The molecule has 1 fully saturated rings. The molecule has 3 rings (SSSR count). The van der Waals surface area contributed by atoms with Crippen molar-refractivity contribution < 1.29 is 14.6 Å². The SMILES string of the molecule is O=C(COc1ccccc1Cc1ccccc1)NCC1CCN(CCO)CC1. The molecule has 1 aliphatic heterocycles. The van der Waals surface area contributed by atoms with Crippen molar-refractivity contribution >= 4 is 5.91 Å². The van der Waals surface area contributed by atoms with Gasteiger partial charge in [-0.15, -0.1) is 0 Å². The molecule has 2 aromatic rings. The average Bonchev–Trinajstić information content (AvgIpc) is 2.73. The lowest BCUT2D eigenvalue weighted by Gasteiger charge is -2.31. The number of rotatable bonds is 9. The van der Waals surface area contributed by atoms with Crippen molar-refractivity contribution in [2.75, 3.05) is 39.4 Å². The summed E-state index contributed by atoms with van der Waals surface area (Å²) < 4.78 is 5.81. The number of β-amino-alcohol motifs (C(OH)–C–C–N with tert-alkyl or cyclic N) is 1. The van der Waals surface area contributed by atoms with Gasteiger partial charge >= 0.3 is 0 Å². The fourth-order valence-corrected chi connectivity index (χ4v) is 3.61. The fourth-order valence-electron chi connectivity index (χ4n) is 3.61. The minimum Gasteiger partial charge on any atom is -0.483 e. The van der Waals surface area contributed by atoms with Gasteiger partial charge in [0.15, 0.2) is 6.61 Å². The van der Waals surface area contributed by atoms with Crippen molar-refractivity contribution in [3.63, 3.8) is 0 Å². The van der Waals surface area contributed by atoms with Crippen LogP contribution in [0.15, 0.2) is 54.6 Å². The summed E-state index contributed by atoms with van der Waals surface area (Å²) in [5.74, 6) is 1.19. The van der Waals surface area contributed by atoms with E-state index in [1.165, 1.54) is 5.56 Å². The number of likely N-dealkylation sites (tertiary alicyclic amines) is 1. The summed E-state index contributed by atoms with van der Waals surface area (Å²) in [7, 11) is 0. The molecule has 0 unspecified atom stereocenters. The summed E-state index contributed by atoms with van der Waals surface area (Å²) in [5, 5.41) is 12.0. The fraction of sp³-hybridized carbons (Fsp3) is 0.435. The third-order valence-electron chi connectivity index (χ3n) is 5.28. The Hall–Kier alpha value is -2.37. The zero-order valence-corrected chi connectivity index (χ0v) is 16.3. The zero-order chi connectivity index (χ0) is 19.6. The summed E-state index contributed by atoms with van der Waals surface area (Å²) in [4.78, 5) is 14.5. The zero-order valence-electron chi connectivity index (χ0n) is 16.3. The lowest BCUT2D eigenvalue weighted by atomic mass is 9.97. The van der Waals surface area contributed by atoms with E-state index in [0.29, 0.717) is 12.5 Å². The smallest absolute Gasteiger partial charge is 0.257 e. The Morgan fingerprint density at radius 1 is 1.07 bits per heavy atom. The monoisotopic (exact) mass is 382 g/mol. The first-order valence-corrected chi connectivity index (χ1v) is 10.1. The molecule has 0 aliphatic carbocycles. The highest BCUT2D eigenvalue weighted by Gasteiger charge is 2.19. The van der Waals surface area contributed by atoms with E-state index in [-0.39, 0.29) is 19.1 Å². The number of nitrogens with one attached hydrogen (secondary N) is 1. The molecule has 1 saturated heterocycles. The first kappa shape index (κ1) is 20.4. The summed E-state index contributed by atoms with van der Waals surface area (Å²) in [6, 6.07) is 18.1. The maximum absolute atomic E-state index is 12.2. The van der Waals surface area contributed by atoms with Crippen LogP contribution in [0.4, 0.5) is 0 Å². The number of aliphatic hydroxyl groups excluding tert-OH is 1. The third-order valence-corrected chi connectivity index (χ3v) is 5.28. The topological polar surface area (TPSA) is 61.8 Å². The number of hydrogen-bond donors (Lipinski definition) is 2. The molecule has 5 nitrogen and oxygen atoms in total. The van der Waals surface area contributed by atoms with E-state index >= 15 is 0 Å². The predicted octanol–water partition coefficient (Wildman–Crippen LogP) is 2.48. The molecule has 28 heavy (non-hydrogen) atoms. The van der Waals surface area contributed by atoms with Crippen molar-refractivity contribution in [3.05, 3.63) is 65.7 Å². The van der Waals surface area contributed by atoms with Crippen LogP contribution in [0.5, 0.6) is 5.75 Å². The van der Waals surface area contributed by atoms with Crippen LogP contribution in [0.25, 0.3) is 0 Å². The van der Waals surface area contributed by atoms with Crippen LogP contribution in [0.1, 0.15) is 24.0 Å². The number of carbonyl (C=O) groups excluding carboxylic acids is 1. The van der Waals surface area contributed by atoms with Gasteiger partial charge in [0, 0.05) is 19.5 Å². The molecule has 0 bridgehead atoms. The van der Waals surface area contributed by atoms with Crippen LogP contribution in [-0.2, 0) is 11.2 Å². The molecule has 2 aromatic carbocycles. The second-order valence-electron chi connectivity index (χ2n) is 7.37. The van der Waals surface area contributed by atoms with Crippen molar-refractivity contribution in [1.29, 1.82) is 0 Å². The molecule has 1 aliphatic rings. The molecule has 2 N–H and O–H groups in total.